The van der Waals surface area contributed by atoms with Crippen LogP contribution in [-0.2, 0) is 16.1 Å². The maximum Gasteiger partial charge on any atom is 0.313 e. The molecule has 1 aromatic carbocycles. The van der Waals surface area contributed by atoms with Gasteiger partial charge in [0, 0.05) is 12.4 Å². The van der Waals surface area contributed by atoms with Crippen molar-refractivity contribution in [3.05, 3.63) is 66.0 Å². The summed E-state index contributed by atoms with van der Waals surface area (Å²) in [7, 11) is 0. The molecule has 0 saturated carbocycles. The van der Waals surface area contributed by atoms with E-state index in [-0.39, 0.29) is 11.9 Å². The van der Waals surface area contributed by atoms with Gasteiger partial charge < -0.3 is 9.64 Å². The summed E-state index contributed by atoms with van der Waals surface area (Å²) in [5.41, 5.74) is 1.95. The van der Waals surface area contributed by atoms with Crippen LogP contribution in [0.1, 0.15) is 36.3 Å². The topological polar surface area (TPSA) is 42.4 Å². The van der Waals surface area contributed by atoms with E-state index in [4.69, 9.17) is 4.74 Å². The minimum Gasteiger partial charge on any atom is -0.460 e. The van der Waals surface area contributed by atoms with Crippen molar-refractivity contribution in [3.63, 3.8) is 0 Å². The molecule has 0 spiro atoms. The molecule has 1 atom stereocenters. The second-order valence-electron chi connectivity index (χ2n) is 6.27. The van der Waals surface area contributed by atoms with Crippen LogP contribution in [0, 0.1) is 0 Å². The molecule has 1 saturated heterocycles. The SMILES string of the molecule is O=C(OCc1ccccc1)[C@H](CCN1CCCC1)c1cccnc1. The van der Waals surface area contributed by atoms with Gasteiger partial charge in [-0.15, -0.1) is 0 Å². The lowest BCUT2D eigenvalue weighted by atomic mass is 9.97. The smallest absolute Gasteiger partial charge is 0.313 e. The van der Waals surface area contributed by atoms with Crippen LogP contribution in [0.2, 0.25) is 0 Å². The Morgan fingerprint density at radius 2 is 1.92 bits per heavy atom. The lowest BCUT2D eigenvalue weighted by Gasteiger charge is -2.20. The Labute approximate surface area is 143 Å². The van der Waals surface area contributed by atoms with Crippen molar-refractivity contribution in [1.82, 2.24) is 9.88 Å². The minimum absolute atomic E-state index is 0.161. The highest BCUT2D eigenvalue weighted by molar-refractivity contribution is 5.78. The van der Waals surface area contributed by atoms with Crippen molar-refractivity contribution in [2.24, 2.45) is 0 Å². The molecule has 1 aliphatic rings. The Kier molecular flexibility index (Phi) is 5.96. The van der Waals surface area contributed by atoms with E-state index in [1.54, 1.807) is 12.4 Å². The third-order valence-electron chi connectivity index (χ3n) is 4.53. The first-order chi connectivity index (χ1) is 11.8. The Hall–Kier alpha value is -2.20. The van der Waals surface area contributed by atoms with Crippen molar-refractivity contribution >= 4 is 5.97 Å². The molecule has 0 aliphatic carbocycles. The van der Waals surface area contributed by atoms with Crippen LogP contribution in [0.5, 0.6) is 0 Å². The van der Waals surface area contributed by atoms with E-state index >= 15 is 0 Å². The number of ether oxygens (including phenoxy) is 1. The summed E-state index contributed by atoms with van der Waals surface area (Å²) in [5.74, 6) is -0.408. The molecule has 0 N–H and O–H groups in total. The molecule has 24 heavy (non-hydrogen) atoms. The molecular weight excluding hydrogens is 300 g/mol. The number of hydrogen-bond acceptors (Lipinski definition) is 4. The van der Waals surface area contributed by atoms with Crippen LogP contribution in [0.25, 0.3) is 0 Å². The van der Waals surface area contributed by atoms with Gasteiger partial charge in [0.2, 0.25) is 0 Å². The third kappa shape index (κ3) is 4.65. The quantitative estimate of drug-likeness (QED) is 0.732. The predicted molar refractivity (Wildman–Crippen MR) is 93.5 cm³/mol. The second-order valence-corrected chi connectivity index (χ2v) is 6.27. The summed E-state index contributed by atoms with van der Waals surface area (Å²) < 4.78 is 5.57. The fraction of sp³-hybridized carbons (Fsp3) is 0.400. The summed E-state index contributed by atoms with van der Waals surface area (Å²) in [6, 6.07) is 13.6. The summed E-state index contributed by atoms with van der Waals surface area (Å²) in [6.07, 6.45) is 6.81. The molecule has 1 aliphatic heterocycles. The molecule has 2 aromatic rings. The lowest BCUT2D eigenvalue weighted by molar-refractivity contribution is -0.147. The zero-order valence-corrected chi connectivity index (χ0v) is 13.9. The number of benzene rings is 1. The minimum atomic E-state index is -0.247. The van der Waals surface area contributed by atoms with Crippen LogP contribution in [0.15, 0.2) is 54.9 Å². The van der Waals surface area contributed by atoms with E-state index in [0.29, 0.717) is 6.61 Å². The number of hydrogen-bond donors (Lipinski definition) is 0. The number of rotatable bonds is 7. The molecule has 0 unspecified atom stereocenters. The maximum atomic E-state index is 12.7. The molecule has 126 valence electrons. The Morgan fingerprint density at radius 1 is 1.12 bits per heavy atom. The molecule has 0 bridgehead atoms. The van der Waals surface area contributed by atoms with Gasteiger partial charge in [0.15, 0.2) is 0 Å². The largest absolute Gasteiger partial charge is 0.460 e. The van der Waals surface area contributed by atoms with Crippen molar-refractivity contribution in [1.29, 1.82) is 0 Å². The molecular formula is C20H24N2O2. The van der Waals surface area contributed by atoms with Gasteiger partial charge in [0.25, 0.3) is 0 Å². The van der Waals surface area contributed by atoms with Gasteiger partial charge in [0.1, 0.15) is 6.61 Å². The first-order valence-electron chi connectivity index (χ1n) is 8.66. The first kappa shape index (κ1) is 16.7. The summed E-state index contributed by atoms with van der Waals surface area (Å²) in [6.45, 7) is 3.53. The Morgan fingerprint density at radius 3 is 2.62 bits per heavy atom. The van der Waals surface area contributed by atoms with Crippen LogP contribution in [-0.4, -0.2) is 35.5 Å². The second kappa shape index (κ2) is 8.60. The number of esters is 1. The summed E-state index contributed by atoms with van der Waals surface area (Å²) in [4.78, 5) is 19.2. The van der Waals surface area contributed by atoms with Gasteiger partial charge in [-0.25, -0.2) is 0 Å². The van der Waals surface area contributed by atoms with E-state index in [1.807, 2.05) is 42.5 Å². The maximum absolute atomic E-state index is 12.7. The average molecular weight is 324 g/mol. The number of nitrogens with zero attached hydrogens (tertiary/aromatic N) is 2. The van der Waals surface area contributed by atoms with Crippen molar-refractivity contribution in [2.75, 3.05) is 19.6 Å². The summed E-state index contributed by atoms with van der Waals surface area (Å²) in [5, 5.41) is 0. The van der Waals surface area contributed by atoms with E-state index in [9.17, 15) is 4.79 Å². The molecule has 4 heteroatoms. The Bertz CT molecular complexity index is 625. The van der Waals surface area contributed by atoms with Crippen LogP contribution < -0.4 is 0 Å². The highest BCUT2D eigenvalue weighted by Crippen LogP contribution is 2.23. The van der Waals surface area contributed by atoms with Gasteiger partial charge in [-0.05, 0) is 56.1 Å². The average Bonchev–Trinajstić information content (AvgIpc) is 3.15. The van der Waals surface area contributed by atoms with Gasteiger partial charge >= 0.3 is 5.97 Å². The van der Waals surface area contributed by atoms with Crippen molar-refractivity contribution in [2.45, 2.75) is 31.8 Å². The van der Waals surface area contributed by atoms with E-state index in [2.05, 4.69) is 9.88 Å². The number of pyridine rings is 1. The third-order valence-corrected chi connectivity index (χ3v) is 4.53. The highest BCUT2D eigenvalue weighted by Gasteiger charge is 2.24. The summed E-state index contributed by atoms with van der Waals surface area (Å²) >= 11 is 0. The van der Waals surface area contributed by atoms with E-state index in [1.165, 1.54) is 12.8 Å². The molecule has 0 radical (unpaired) electrons. The predicted octanol–water partition coefficient (Wildman–Crippen LogP) is 3.39. The molecule has 0 amide bonds. The van der Waals surface area contributed by atoms with Gasteiger partial charge in [-0.2, -0.15) is 0 Å². The van der Waals surface area contributed by atoms with E-state index in [0.717, 1.165) is 37.2 Å². The number of carbonyl (C=O) groups is 1. The fourth-order valence-corrected chi connectivity index (χ4v) is 3.15. The van der Waals surface area contributed by atoms with Crippen molar-refractivity contribution in [3.8, 4) is 0 Å². The normalized spacial score (nSPS) is 16.0. The molecule has 4 nitrogen and oxygen atoms in total. The lowest BCUT2D eigenvalue weighted by Crippen LogP contribution is -2.25. The van der Waals surface area contributed by atoms with Crippen LogP contribution in [0.3, 0.4) is 0 Å². The van der Waals surface area contributed by atoms with Gasteiger partial charge in [-0.3, -0.25) is 9.78 Å². The highest BCUT2D eigenvalue weighted by atomic mass is 16.5. The van der Waals surface area contributed by atoms with Gasteiger partial charge in [0.05, 0.1) is 5.92 Å². The van der Waals surface area contributed by atoms with Crippen LogP contribution >= 0.6 is 0 Å². The van der Waals surface area contributed by atoms with Crippen molar-refractivity contribution < 1.29 is 9.53 Å². The number of likely N-dealkylation sites (tertiary alicyclic amines) is 1. The zero-order valence-electron chi connectivity index (χ0n) is 13.9. The Balaban J connectivity index is 1.62. The first-order valence-corrected chi connectivity index (χ1v) is 8.66. The number of aromatic nitrogens is 1. The molecule has 3 rings (SSSR count). The monoisotopic (exact) mass is 324 g/mol. The van der Waals surface area contributed by atoms with Crippen LogP contribution in [0.4, 0.5) is 0 Å². The fourth-order valence-electron chi connectivity index (χ4n) is 3.15. The molecule has 1 aromatic heterocycles. The zero-order chi connectivity index (χ0) is 16.6. The molecule has 2 heterocycles. The molecule has 1 fully saturated rings. The standard InChI is InChI=1S/C20H24N2O2/c23-20(24-16-17-7-2-1-3-8-17)19(18-9-6-11-21-15-18)10-14-22-12-4-5-13-22/h1-3,6-9,11,15,19H,4-5,10,12-14,16H2/t19-/m1/s1. The van der Waals surface area contributed by atoms with E-state index < -0.39 is 0 Å². The number of carbonyl (C=O) groups excluding carboxylic acids is 1. The van der Waals surface area contributed by atoms with Gasteiger partial charge in [-0.1, -0.05) is 36.4 Å².